The quantitative estimate of drug-likeness (QED) is 0.903. The average Bonchev–Trinajstić information content (AvgIpc) is 2.49. The Balaban J connectivity index is 2.35. The average molecular weight is 285 g/mol. The van der Waals surface area contributed by atoms with E-state index in [0.29, 0.717) is 5.75 Å². The molecule has 0 unspecified atom stereocenters. The van der Waals surface area contributed by atoms with Crippen LogP contribution in [0.5, 0.6) is 11.5 Å². The number of phenolic OH excluding ortho intramolecular Hbond substituents is 1. The highest BCUT2D eigenvalue weighted by Crippen LogP contribution is 2.26. The summed E-state index contributed by atoms with van der Waals surface area (Å²) < 4.78 is 5.09. The lowest BCUT2D eigenvalue weighted by Crippen LogP contribution is -2.14. The molecule has 0 fully saturated rings. The summed E-state index contributed by atoms with van der Waals surface area (Å²) in [5, 5.41) is 12.7. The molecule has 0 atom stereocenters. The predicted octanol–water partition coefficient (Wildman–Crippen LogP) is 3.52. The van der Waals surface area contributed by atoms with E-state index in [9.17, 15) is 9.90 Å². The van der Waals surface area contributed by atoms with Gasteiger partial charge in [0.1, 0.15) is 11.5 Å². The third kappa shape index (κ3) is 3.16. The topological polar surface area (TPSA) is 58.6 Å². The summed E-state index contributed by atoms with van der Waals surface area (Å²) in [4.78, 5) is 12.4. The molecule has 2 aromatic carbocycles. The molecule has 110 valence electrons. The molecule has 0 saturated heterocycles. The Hall–Kier alpha value is -2.49. The van der Waals surface area contributed by atoms with E-state index in [2.05, 4.69) is 5.32 Å². The minimum Gasteiger partial charge on any atom is -0.507 e. The predicted molar refractivity (Wildman–Crippen MR) is 83.2 cm³/mol. The number of para-hydroxylation sites is 1. The third-order valence-corrected chi connectivity index (χ3v) is 3.43. The zero-order valence-corrected chi connectivity index (χ0v) is 12.4. The summed E-state index contributed by atoms with van der Waals surface area (Å²) in [6.07, 6.45) is 0.821. The first kappa shape index (κ1) is 14.9. The van der Waals surface area contributed by atoms with E-state index in [1.807, 2.05) is 32.0 Å². The molecule has 0 heterocycles. The van der Waals surface area contributed by atoms with Gasteiger partial charge in [0, 0.05) is 5.69 Å². The molecule has 0 saturated carbocycles. The maximum atomic E-state index is 12.4. The van der Waals surface area contributed by atoms with Crippen molar-refractivity contribution in [3.63, 3.8) is 0 Å². The van der Waals surface area contributed by atoms with Gasteiger partial charge in [-0.25, -0.2) is 0 Å². The lowest BCUT2D eigenvalue weighted by atomic mass is 10.1. The van der Waals surface area contributed by atoms with E-state index < -0.39 is 0 Å². The van der Waals surface area contributed by atoms with Crippen LogP contribution in [0.15, 0.2) is 36.4 Å². The Morgan fingerprint density at radius 1 is 1.29 bits per heavy atom. The molecule has 0 aliphatic rings. The number of methoxy groups -OCH3 is 1. The number of hydrogen-bond donors (Lipinski definition) is 2. The highest BCUT2D eigenvalue weighted by molar-refractivity contribution is 6.07. The second-order valence-electron chi connectivity index (χ2n) is 4.80. The molecule has 2 N–H and O–H groups in total. The normalized spacial score (nSPS) is 10.2. The lowest BCUT2D eigenvalue weighted by Gasteiger charge is -2.14. The highest BCUT2D eigenvalue weighted by atomic mass is 16.5. The van der Waals surface area contributed by atoms with E-state index in [4.69, 9.17) is 4.74 Å². The van der Waals surface area contributed by atoms with Gasteiger partial charge in [0.25, 0.3) is 5.91 Å². The van der Waals surface area contributed by atoms with Gasteiger partial charge in [-0.15, -0.1) is 0 Å². The molecule has 2 aromatic rings. The minimum absolute atomic E-state index is 0.0695. The zero-order chi connectivity index (χ0) is 15.4. The molecule has 4 heteroatoms. The first-order chi connectivity index (χ1) is 10.1. The number of anilines is 1. The fraction of sp³-hybridized carbons (Fsp3) is 0.235. The molecule has 2 rings (SSSR count). The van der Waals surface area contributed by atoms with E-state index in [0.717, 1.165) is 23.2 Å². The van der Waals surface area contributed by atoms with Crippen LogP contribution >= 0.6 is 0 Å². The van der Waals surface area contributed by atoms with Crippen molar-refractivity contribution in [3.05, 3.63) is 53.1 Å². The van der Waals surface area contributed by atoms with Crippen LogP contribution in [0.4, 0.5) is 5.69 Å². The number of carbonyl (C=O) groups is 1. The van der Waals surface area contributed by atoms with Crippen molar-refractivity contribution in [1.29, 1.82) is 0 Å². The van der Waals surface area contributed by atoms with Crippen LogP contribution < -0.4 is 10.1 Å². The summed E-state index contributed by atoms with van der Waals surface area (Å²) in [6.45, 7) is 3.98. The molecule has 0 aromatic heterocycles. The van der Waals surface area contributed by atoms with Gasteiger partial charge in [-0.2, -0.15) is 0 Å². The molecule has 0 spiro atoms. The largest absolute Gasteiger partial charge is 0.507 e. The van der Waals surface area contributed by atoms with E-state index in [1.54, 1.807) is 6.07 Å². The molecule has 0 aliphatic heterocycles. The molecule has 4 nitrogen and oxygen atoms in total. The number of rotatable bonds is 4. The minimum atomic E-state index is -0.351. The molecule has 0 radical (unpaired) electrons. The Morgan fingerprint density at radius 2 is 2.05 bits per heavy atom. The van der Waals surface area contributed by atoms with Crippen LogP contribution in [0.2, 0.25) is 0 Å². The first-order valence-corrected chi connectivity index (χ1v) is 6.83. The molecule has 0 aliphatic carbocycles. The van der Waals surface area contributed by atoms with Gasteiger partial charge in [-0.1, -0.05) is 25.1 Å². The molecule has 21 heavy (non-hydrogen) atoms. The van der Waals surface area contributed by atoms with Crippen molar-refractivity contribution in [2.45, 2.75) is 20.3 Å². The Labute approximate surface area is 124 Å². The molecular formula is C17H19NO3. The van der Waals surface area contributed by atoms with Crippen molar-refractivity contribution in [1.82, 2.24) is 0 Å². The van der Waals surface area contributed by atoms with Crippen LogP contribution in [0.25, 0.3) is 0 Å². The fourth-order valence-electron chi connectivity index (χ4n) is 2.21. The number of nitrogens with one attached hydrogen (secondary N) is 1. The van der Waals surface area contributed by atoms with E-state index >= 15 is 0 Å². The maximum Gasteiger partial charge on any atom is 0.259 e. The summed E-state index contributed by atoms with van der Waals surface area (Å²) >= 11 is 0. The number of carbonyl (C=O) groups excluding carboxylic acids is 1. The fourth-order valence-corrected chi connectivity index (χ4v) is 2.21. The summed E-state index contributed by atoms with van der Waals surface area (Å²) in [5.74, 6) is 0.105. The lowest BCUT2D eigenvalue weighted by molar-refractivity contribution is 0.102. The van der Waals surface area contributed by atoms with Crippen LogP contribution in [0, 0.1) is 6.92 Å². The Morgan fingerprint density at radius 3 is 2.71 bits per heavy atom. The van der Waals surface area contributed by atoms with E-state index in [-0.39, 0.29) is 17.2 Å². The summed E-state index contributed by atoms with van der Waals surface area (Å²) in [7, 11) is 1.52. The van der Waals surface area contributed by atoms with Crippen LogP contribution in [-0.4, -0.2) is 18.1 Å². The molecular weight excluding hydrogens is 266 g/mol. The van der Waals surface area contributed by atoms with Crippen molar-refractivity contribution in [3.8, 4) is 11.5 Å². The van der Waals surface area contributed by atoms with Crippen LogP contribution in [0.3, 0.4) is 0 Å². The van der Waals surface area contributed by atoms with Crippen LogP contribution in [-0.2, 0) is 6.42 Å². The van der Waals surface area contributed by atoms with E-state index in [1.165, 1.54) is 19.2 Å². The summed E-state index contributed by atoms with van der Waals surface area (Å²) in [5.41, 5.74) is 3.04. The van der Waals surface area contributed by atoms with Gasteiger partial charge in [-0.05, 0) is 42.7 Å². The first-order valence-electron chi connectivity index (χ1n) is 6.83. The number of hydrogen-bond acceptors (Lipinski definition) is 3. The number of phenols is 1. The smallest absolute Gasteiger partial charge is 0.259 e. The van der Waals surface area contributed by atoms with Gasteiger partial charge in [0.2, 0.25) is 0 Å². The van der Waals surface area contributed by atoms with Crippen molar-refractivity contribution in [2.24, 2.45) is 0 Å². The second-order valence-corrected chi connectivity index (χ2v) is 4.80. The van der Waals surface area contributed by atoms with Crippen molar-refractivity contribution in [2.75, 3.05) is 12.4 Å². The van der Waals surface area contributed by atoms with Crippen molar-refractivity contribution >= 4 is 11.6 Å². The Bertz CT molecular complexity index is 665. The third-order valence-electron chi connectivity index (χ3n) is 3.43. The zero-order valence-electron chi connectivity index (χ0n) is 12.4. The van der Waals surface area contributed by atoms with Gasteiger partial charge < -0.3 is 15.2 Å². The number of ether oxygens (including phenoxy) is 1. The molecule has 1 amide bonds. The van der Waals surface area contributed by atoms with Gasteiger partial charge in [0.15, 0.2) is 0 Å². The Kier molecular flexibility index (Phi) is 4.48. The van der Waals surface area contributed by atoms with Crippen LogP contribution in [0.1, 0.15) is 28.4 Å². The molecule has 0 bridgehead atoms. The van der Waals surface area contributed by atoms with Gasteiger partial charge >= 0.3 is 0 Å². The van der Waals surface area contributed by atoms with Gasteiger partial charge in [0.05, 0.1) is 12.7 Å². The van der Waals surface area contributed by atoms with Crippen molar-refractivity contribution < 1.29 is 14.6 Å². The highest BCUT2D eigenvalue weighted by Gasteiger charge is 2.15. The standard InChI is InChI=1S/C17H19NO3/c1-4-12-7-5-6-11(2)16(12)18-17(20)14-10-13(21-3)8-9-15(14)19/h5-10,19H,4H2,1-3H3,(H,18,20). The number of amides is 1. The number of aromatic hydroxyl groups is 1. The number of aryl methyl sites for hydroxylation is 2. The monoisotopic (exact) mass is 285 g/mol. The number of benzene rings is 2. The maximum absolute atomic E-state index is 12.4. The summed E-state index contributed by atoms with van der Waals surface area (Å²) in [6, 6.07) is 10.5. The second kappa shape index (κ2) is 6.31. The SMILES string of the molecule is CCc1cccc(C)c1NC(=O)c1cc(OC)ccc1O. The van der Waals surface area contributed by atoms with Gasteiger partial charge in [-0.3, -0.25) is 4.79 Å².